The van der Waals surface area contributed by atoms with Gasteiger partial charge in [0.15, 0.2) is 6.61 Å². The molecule has 1 saturated heterocycles. The monoisotopic (exact) mass is 451 g/mol. The quantitative estimate of drug-likeness (QED) is 0.729. The third-order valence-electron chi connectivity index (χ3n) is 5.77. The first-order chi connectivity index (χ1) is 15.9. The second kappa shape index (κ2) is 10.0. The lowest BCUT2D eigenvalue weighted by atomic mass is 10.1. The molecule has 2 unspecified atom stereocenters. The maximum Gasteiger partial charge on any atom is 0.265 e. The number of nitrogens with zero attached hydrogens (tertiary/aromatic N) is 2. The van der Waals surface area contributed by atoms with Crippen molar-refractivity contribution < 1.29 is 23.9 Å². The van der Waals surface area contributed by atoms with Crippen LogP contribution < -0.4 is 15.0 Å². The molecule has 2 aliphatic rings. The highest BCUT2D eigenvalue weighted by atomic mass is 16.5. The minimum atomic E-state index is -0.161. The number of amides is 3. The van der Waals surface area contributed by atoms with E-state index in [0.717, 1.165) is 5.56 Å². The zero-order chi connectivity index (χ0) is 23.4. The summed E-state index contributed by atoms with van der Waals surface area (Å²) in [7, 11) is 0. The van der Waals surface area contributed by atoms with E-state index in [-0.39, 0.29) is 49.5 Å². The van der Waals surface area contributed by atoms with E-state index in [1.54, 1.807) is 17.0 Å². The van der Waals surface area contributed by atoms with Gasteiger partial charge in [-0.15, -0.1) is 0 Å². The number of nitrogens with one attached hydrogen (secondary N) is 1. The van der Waals surface area contributed by atoms with E-state index in [0.29, 0.717) is 36.6 Å². The Morgan fingerprint density at radius 1 is 1.03 bits per heavy atom. The highest BCUT2D eigenvalue weighted by Gasteiger charge is 2.27. The third-order valence-corrected chi connectivity index (χ3v) is 5.77. The summed E-state index contributed by atoms with van der Waals surface area (Å²) < 4.78 is 11.1. The van der Waals surface area contributed by atoms with Gasteiger partial charge < -0.3 is 24.6 Å². The minimum absolute atomic E-state index is 0.0111. The van der Waals surface area contributed by atoms with Crippen molar-refractivity contribution in [2.75, 3.05) is 31.1 Å². The lowest BCUT2D eigenvalue weighted by Gasteiger charge is -2.35. The van der Waals surface area contributed by atoms with Crippen LogP contribution in [0.3, 0.4) is 0 Å². The maximum absolute atomic E-state index is 12.8. The predicted octanol–water partition coefficient (Wildman–Crippen LogP) is 2.37. The van der Waals surface area contributed by atoms with Crippen LogP contribution in [0, 0.1) is 0 Å². The Labute approximate surface area is 193 Å². The van der Waals surface area contributed by atoms with Gasteiger partial charge in [0.1, 0.15) is 5.75 Å². The number of anilines is 1. The highest BCUT2D eigenvalue weighted by molar-refractivity contribution is 5.98. The van der Waals surface area contributed by atoms with Crippen molar-refractivity contribution in [2.45, 2.75) is 39.0 Å². The third kappa shape index (κ3) is 5.51. The molecule has 2 atom stereocenters. The number of benzene rings is 2. The number of hydrogen-bond donors (Lipinski definition) is 1. The van der Waals surface area contributed by atoms with Crippen molar-refractivity contribution in [2.24, 2.45) is 0 Å². The molecule has 2 aromatic carbocycles. The molecule has 8 heteroatoms. The molecule has 1 fully saturated rings. The van der Waals surface area contributed by atoms with Crippen LogP contribution in [0.2, 0.25) is 0 Å². The van der Waals surface area contributed by atoms with Crippen LogP contribution in [0.5, 0.6) is 5.75 Å². The molecule has 0 saturated carbocycles. The first-order valence-corrected chi connectivity index (χ1v) is 11.2. The molecular weight excluding hydrogens is 422 g/mol. The Balaban J connectivity index is 1.27. The zero-order valence-corrected chi connectivity index (χ0v) is 19.0. The van der Waals surface area contributed by atoms with Gasteiger partial charge in [-0.25, -0.2) is 0 Å². The molecule has 4 rings (SSSR count). The highest BCUT2D eigenvalue weighted by Crippen LogP contribution is 2.31. The fourth-order valence-electron chi connectivity index (χ4n) is 4.19. The van der Waals surface area contributed by atoms with E-state index in [1.165, 1.54) is 0 Å². The topological polar surface area (TPSA) is 88.2 Å². The van der Waals surface area contributed by atoms with Gasteiger partial charge in [0.25, 0.3) is 11.8 Å². The normalized spacial score (nSPS) is 20.1. The second-order valence-corrected chi connectivity index (χ2v) is 8.49. The Bertz CT molecular complexity index is 1010. The van der Waals surface area contributed by atoms with Crippen molar-refractivity contribution in [3.8, 4) is 5.75 Å². The zero-order valence-electron chi connectivity index (χ0n) is 19.0. The van der Waals surface area contributed by atoms with Gasteiger partial charge in [-0.3, -0.25) is 14.4 Å². The van der Waals surface area contributed by atoms with Crippen molar-refractivity contribution in [1.82, 2.24) is 10.2 Å². The maximum atomic E-state index is 12.8. The van der Waals surface area contributed by atoms with Crippen LogP contribution in [0.1, 0.15) is 36.2 Å². The largest absolute Gasteiger partial charge is 0.482 e. The lowest BCUT2D eigenvalue weighted by Crippen LogP contribution is -2.48. The van der Waals surface area contributed by atoms with Crippen molar-refractivity contribution in [3.05, 3.63) is 59.7 Å². The standard InChI is InChI=1S/C25H29N3O5/c1-17-14-27(15-18(2)33-17)25(31)20-9-7-19(8-10-20)13-26-23(29)11-12-28-21-5-3-4-6-22(21)32-16-24(28)30/h3-10,17-18H,11-16H2,1-2H3,(H,26,29). The van der Waals surface area contributed by atoms with Gasteiger partial charge in [-0.05, 0) is 43.7 Å². The molecule has 3 amide bonds. The fraction of sp³-hybridized carbons (Fsp3) is 0.400. The van der Waals surface area contributed by atoms with Crippen molar-refractivity contribution in [1.29, 1.82) is 0 Å². The molecule has 0 aliphatic carbocycles. The molecule has 0 bridgehead atoms. The molecule has 2 aromatic rings. The fourth-order valence-corrected chi connectivity index (χ4v) is 4.19. The first-order valence-electron chi connectivity index (χ1n) is 11.2. The molecule has 0 spiro atoms. The average Bonchev–Trinajstić information content (AvgIpc) is 2.81. The van der Waals surface area contributed by atoms with Gasteiger partial charge in [0, 0.05) is 38.2 Å². The molecule has 0 radical (unpaired) electrons. The van der Waals surface area contributed by atoms with Crippen LogP contribution in [-0.4, -0.2) is 61.1 Å². The molecule has 33 heavy (non-hydrogen) atoms. The number of hydrogen-bond acceptors (Lipinski definition) is 5. The van der Waals surface area contributed by atoms with Crippen LogP contribution in [-0.2, 0) is 20.9 Å². The van der Waals surface area contributed by atoms with E-state index < -0.39 is 0 Å². The number of carbonyl (C=O) groups excluding carboxylic acids is 3. The summed E-state index contributed by atoms with van der Waals surface area (Å²) in [5, 5.41) is 2.88. The van der Waals surface area contributed by atoms with Gasteiger partial charge in [-0.2, -0.15) is 0 Å². The number of carbonyl (C=O) groups is 3. The SMILES string of the molecule is CC1CN(C(=O)c2ccc(CNC(=O)CCN3C(=O)COc4ccccc43)cc2)CC(C)O1. The molecule has 2 aliphatic heterocycles. The number of ether oxygens (including phenoxy) is 2. The van der Waals surface area contributed by atoms with Crippen LogP contribution in [0.25, 0.3) is 0 Å². The number of rotatable bonds is 6. The lowest BCUT2D eigenvalue weighted by molar-refractivity contribution is -0.122. The molecular formula is C25H29N3O5. The summed E-state index contributed by atoms with van der Waals surface area (Å²) >= 11 is 0. The van der Waals surface area contributed by atoms with Crippen molar-refractivity contribution >= 4 is 23.4 Å². The summed E-state index contributed by atoms with van der Waals surface area (Å²) in [4.78, 5) is 40.8. The minimum Gasteiger partial charge on any atom is -0.482 e. The molecule has 0 aromatic heterocycles. The Morgan fingerprint density at radius 3 is 2.45 bits per heavy atom. The van der Waals surface area contributed by atoms with Crippen LogP contribution in [0.4, 0.5) is 5.69 Å². The molecule has 2 heterocycles. The van der Waals surface area contributed by atoms with E-state index >= 15 is 0 Å². The second-order valence-electron chi connectivity index (χ2n) is 8.49. The molecule has 8 nitrogen and oxygen atoms in total. The number of fused-ring (bicyclic) bond motifs is 1. The predicted molar refractivity (Wildman–Crippen MR) is 123 cm³/mol. The summed E-state index contributed by atoms with van der Waals surface area (Å²) in [6, 6.07) is 14.6. The Kier molecular flexibility index (Phi) is 6.93. The van der Waals surface area contributed by atoms with Gasteiger partial charge in [0.05, 0.1) is 17.9 Å². The van der Waals surface area contributed by atoms with E-state index in [4.69, 9.17) is 9.47 Å². The van der Waals surface area contributed by atoms with E-state index in [9.17, 15) is 14.4 Å². The number of para-hydroxylation sites is 2. The van der Waals surface area contributed by atoms with E-state index in [2.05, 4.69) is 5.32 Å². The van der Waals surface area contributed by atoms with Gasteiger partial charge in [-0.1, -0.05) is 24.3 Å². The smallest absolute Gasteiger partial charge is 0.265 e. The first kappa shape index (κ1) is 22.8. The van der Waals surface area contributed by atoms with Crippen molar-refractivity contribution in [3.63, 3.8) is 0 Å². The average molecular weight is 452 g/mol. The summed E-state index contributed by atoms with van der Waals surface area (Å²) in [5.74, 6) is 0.324. The van der Waals surface area contributed by atoms with Gasteiger partial charge in [0.2, 0.25) is 5.91 Å². The summed E-state index contributed by atoms with van der Waals surface area (Å²) in [6.07, 6.45) is 0.228. The Morgan fingerprint density at radius 2 is 1.73 bits per heavy atom. The van der Waals surface area contributed by atoms with Crippen LogP contribution >= 0.6 is 0 Å². The van der Waals surface area contributed by atoms with E-state index in [1.807, 2.05) is 55.1 Å². The molecule has 174 valence electrons. The Hall–Kier alpha value is -3.39. The molecule has 1 N–H and O–H groups in total. The summed E-state index contributed by atoms with van der Waals surface area (Å²) in [6.45, 7) is 5.71. The summed E-state index contributed by atoms with van der Waals surface area (Å²) in [5.41, 5.74) is 2.21. The van der Waals surface area contributed by atoms with Gasteiger partial charge >= 0.3 is 0 Å². The number of morpholine rings is 1. The van der Waals surface area contributed by atoms with Crippen LogP contribution in [0.15, 0.2) is 48.5 Å².